The molecule has 170 valence electrons. The number of para-hydroxylation sites is 1. The first-order valence-electron chi connectivity index (χ1n) is 9.31. The van der Waals surface area contributed by atoms with E-state index < -0.39 is 36.4 Å². The molecule has 0 amide bonds. The second-order valence-electron chi connectivity index (χ2n) is 6.81. The van der Waals surface area contributed by atoms with Crippen LogP contribution >= 0.6 is 0 Å². The predicted octanol–water partition coefficient (Wildman–Crippen LogP) is 4.82. The van der Waals surface area contributed by atoms with Crippen molar-refractivity contribution in [3.63, 3.8) is 0 Å². The molecule has 1 fully saturated rings. The zero-order valence-corrected chi connectivity index (χ0v) is 16.0. The van der Waals surface area contributed by atoms with Crippen molar-refractivity contribution < 1.29 is 40.2 Å². The molecule has 2 aromatic rings. The lowest BCUT2D eigenvalue weighted by atomic mass is 9.95. The molecule has 0 spiro atoms. The van der Waals surface area contributed by atoms with Gasteiger partial charge in [0.05, 0.1) is 6.04 Å². The number of ether oxygens (including phenoxy) is 2. The van der Waals surface area contributed by atoms with Gasteiger partial charge in [0.2, 0.25) is 0 Å². The Bertz CT molecular complexity index is 853. The molecule has 1 saturated heterocycles. The van der Waals surface area contributed by atoms with E-state index in [1.165, 1.54) is 24.3 Å². The molecular weight excluding hydrogens is 433 g/mol. The van der Waals surface area contributed by atoms with Gasteiger partial charge >= 0.3 is 18.9 Å². The fourth-order valence-corrected chi connectivity index (χ4v) is 3.37. The van der Waals surface area contributed by atoms with Gasteiger partial charge in [-0.05, 0) is 23.8 Å². The van der Waals surface area contributed by atoms with Crippen LogP contribution in [0.2, 0.25) is 0 Å². The molecule has 1 heterocycles. The quantitative estimate of drug-likeness (QED) is 0.611. The molecule has 31 heavy (non-hydrogen) atoms. The van der Waals surface area contributed by atoms with Crippen molar-refractivity contribution in [1.29, 1.82) is 0 Å². The van der Waals surface area contributed by atoms with E-state index in [4.69, 9.17) is 0 Å². The molecule has 0 saturated carbocycles. The maximum absolute atomic E-state index is 13.6. The number of rotatable bonds is 7. The van der Waals surface area contributed by atoms with Crippen LogP contribution in [0.1, 0.15) is 17.2 Å². The summed E-state index contributed by atoms with van der Waals surface area (Å²) in [4.78, 5) is 1.90. The van der Waals surface area contributed by atoms with E-state index >= 15 is 0 Å². The third-order valence-electron chi connectivity index (χ3n) is 4.66. The molecule has 0 radical (unpaired) electrons. The number of benzene rings is 2. The fourth-order valence-electron chi connectivity index (χ4n) is 3.37. The van der Waals surface area contributed by atoms with Crippen LogP contribution in [0.5, 0.6) is 11.5 Å². The van der Waals surface area contributed by atoms with Gasteiger partial charge in [0, 0.05) is 31.7 Å². The molecule has 1 aliphatic heterocycles. The first-order chi connectivity index (χ1) is 14.6. The van der Waals surface area contributed by atoms with Crippen molar-refractivity contribution in [2.45, 2.75) is 24.9 Å². The normalized spacial score (nSPS) is 16.9. The van der Waals surface area contributed by atoms with Gasteiger partial charge in [0.15, 0.2) is 0 Å². The highest BCUT2D eigenvalue weighted by Gasteiger charge is 2.45. The first kappa shape index (κ1) is 23.1. The Balaban J connectivity index is 1.99. The van der Waals surface area contributed by atoms with Crippen molar-refractivity contribution in [1.82, 2.24) is 10.2 Å². The van der Waals surface area contributed by atoms with E-state index in [1.54, 1.807) is 6.07 Å². The lowest BCUT2D eigenvalue weighted by Gasteiger charge is -2.36. The van der Waals surface area contributed by atoms with Crippen LogP contribution in [0.15, 0.2) is 48.5 Å². The summed E-state index contributed by atoms with van der Waals surface area (Å²) in [7, 11) is 0. The van der Waals surface area contributed by atoms with Gasteiger partial charge in [-0.3, -0.25) is 4.90 Å². The smallest absolute Gasteiger partial charge is 0.428 e. The minimum atomic E-state index is -4.86. The number of piperazine rings is 1. The third kappa shape index (κ3) is 6.01. The van der Waals surface area contributed by atoms with Crippen LogP contribution in [0, 0.1) is 0 Å². The number of hydrogen-bond donors (Lipinski definition) is 1. The van der Waals surface area contributed by atoms with Gasteiger partial charge in [0.1, 0.15) is 11.5 Å². The molecule has 0 unspecified atom stereocenters. The van der Waals surface area contributed by atoms with Crippen molar-refractivity contribution >= 4 is 0 Å². The third-order valence-corrected chi connectivity index (χ3v) is 4.66. The topological polar surface area (TPSA) is 33.7 Å². The minimum absolute atomic E-state index is 0.189. The maximum atomic E-state index is 13.6. The molecule has 1 N–H and O–H groups in total. The molecule has 4 nitrogen and oxygen atoms in total. The Morgan fingerprint density at radius 1 is 0.839 bits per heavy atom. The van der Waals surface area contributed by atoms with Gasteiger partial charge in [-0.25, -0.2) is 0 Å². The molecule has 1 aliphatic rings. The molecule has 0 aromatic heterocycles. The van der Waals surface area contributed by atoms with Gasteiger partial charge in [-0.2, -0.15) is 17.6 Å². The zero-order valence-electron chi connectivity index (χ0n) is 16.0. The van der Waals surface area contributed by atoms with Gasteiger partial charge in [-0.15, -0.1) is 13.2 Å². The Labute approximate surface area is 173 Å². The standard InChI is InChI=1S/C20H19F7N2O2/c21-18(22)19(23,24)31-16-4-2-1-3-15(16)17(29-11-9-28-10-12-29)13-5-7-14(8-6-13)30-20(25,26)27/h1-8,17-18,28H,9-12H2/t17-/m0/s1. The number of hydrogen-bond acceptors (Lipinski definition) is 4. The van der Waals surface area contributed by atoms with Crippen LogP contribution in [-0.2, 0) is 0 Å². The lowest BCUT2D eigenvalue weighted by molar-refractivity contribution is -0.274. The van der Waals surface area contributed by atoms with Crippen LogP contribution in [-0.4, -0.2) is 50.0 Å². The van der Waals surface area contributed by atoms with Crippen LogP contribution < -0.4 is 14.8 Å². The Morgan fingerprint density at radius 3 is 2.03 bits per heavy atom. The summed E-state index contributed by atoms with van der Waals surface area (Å²) in [6, 6.07) is 9.77. The average molecular weight is 452 g/mol. The summed E-state index contributed by atoms with van der Waals surface area (Å²) < 4.78 is 98.2. The van der Waals surface area contributed by atoms with E-state index in [9.17, 15) is 30.7 Å². The van der Waals surface area contributed by atoms with E-state index in [-0.39, 0.29) is 5.56 Å². The summed E-state index contributed by atoms with van der Waals surface area (Å²) in [5.41, 5.74) is 0.655. The maximum Gasteiger partial charge on any atom is 0.573 e. The van der Waals surface area contributed by atoms with E-state index in [0.717, 1.165) is 18.2 Å². The molecule has 1 atom stereocenters. The fraction of sp³-hybridized carbons (Fsp3) is 0.400. The summed E-state index contributed by atoms with van der Waals surface area (Å²) in [6.07, 6.45) is -13.6. The summed E-state index contributed by atoms with van der Waals surface area (Å²) in [5, 5.41) is 3.14. The largest absolute Gasteiger partial charge is 0.573 e. The van der Waals surface area contributed by atoms with Crippen molar-refractivity contribution in [3.8, 4) is 11.5 Å². The Morgan fingerprint density at radius 2 is 1.45 bits per heavy atom. The molecule has 0 aliphatic carbocycles. The highest BCUT2D eigenvalue weighted by Crippen LogP contribution is 2.38. The van der Waals surface area contributed by atoms with Crippen molar-refractivity contribution in [2.75, 3.05) is 26.2 Å². The van der Waals surface area contributed by atoms with Crippen LogP contribution in [0.3, 0.4) is 0 Å². The molecule has 2 aromatic carbocycles. The summed E-state index contributed by atoms with van der Waals surface area (Å²) in [6.45, 7) is 2.15. The zero-order chi connectivity index (χ0) is 22.6. The average Bonchev–Trinajstić information content (AvgIpc) is 2.70. The van der Waals surface area contributed by atoms with E-state index in [1.807, 2.05) is 4.90 Å². The summed E-state index contributed by atoms with van der Waals surface area (Å²) >= 11 is 0. The number of halogens is 7. The lowest BCUT2D eigenvalue weighted by Crippen LogP contribution is -2.45. The second-order valence-corrected chi connectivity index (χ2v) is 6.81. The van der Waals surface area contributed by atoms with Gasteiger partial charge in [-0.1, -0.05) is 30.3 Å². The highest BCUT2D eigenvalue weighted by atomic mass is 19.4. The summed E-state index contributed by atoms with van der Waals surface area (Å²) in [5.74, 6) is -0.879. The second kappa shape index (κ2) is 9.31. The Kier molecular flexibility index (Phi) is 6.95. The monoisotopic (exact) mass is 452 g/mol. The molecular formula is C20H19F7N2O2. The first-order valence-corrected chi connectivity index (χ1v) is 9.31. The molecule has 11 heteroatoms. The predicted molar refractivity (Wildman–Crippen MR) is 97.4 cm³/mol. The minimum Gasteiger partial charge on any atom is -0.428 e. The molecule has 3 rings (SSSR count). The SMILES string of the molecule is FC(F)C(F)(F)Oc1ccccc1[C@H](c1ccc(OC(F)(F)F)cc1)N1CCNCC1. The van der Waals surface area contributed by atoms with E-state index in [0.29, 0.717) is 31.7 Å². The van der Waals surface area contributed by atoms with Crippen molar-refractivity contribution in [3.05, 3.63) is 59.7 Å². The van der Waals surface area contributed by atoms with Crippen molar-refractivity contribution in [2.24, 2.45) is 0 Å². The van der Waals surface area contributed by atoms with Gasteiger partial charge in [0.25, 0.3) is 0 Å². The number of alkyl halides is 7. The van der Waals surface area contributed by atoms with Crippen LogP contribution in [0.4, 0.5) is 30.7 Å². The van der Waals surface area contributed by atoms with Gasteiger partial charge < -0.3 is 14.8 Å². The Hall–Kier alpha value is -2.53. The van der Waals surface area contributed by atoms with E-state index in [2.05, 4.69) is 14.8 Å². The van der Waals surface area contributed by atoms with Crippen LogP contribution in [0.25, 0.3) is 0 Å². The molecule has 0 bridgehead atoms. The highest BCUT2D eigenvalue weighted by molar-refractivity contribution is 5.43. The number of nitrogens with zero attached hydrogens (tertiary/aromatic N) is 1. The number of nitrogens with one attached hydrogen (secondary N) is 1.